The van der Waals surface area contributed by atoms with Gasteiger partial charge in [0, 0.05) is 19.0 Å². The van der Waals surface area contributed by atoms with E-state index in [2.05, 4.69) is 0 Å². The van der Waals surface area contributed by atoms with Gasteiger partial charge >= 0.3 is 0 Å². The number of halogens is 1. The second-order valence-corrected chi connectivity index (χ2v) is 3.38. The van der Waals surface area contributed by atoms with E-state index in [0.29, 0.717) is 13.1 Å². The molecular formula is C8H15FN2O. The number of nitrogens with zero attached hydrogens (tertiary/aromatic N) is 1. The van der Waals surface area contributed by atoms with Crippen molar-refractivity contribution in [3.63, 3.8) is 0 Å². The van der Waals surface area contributed by atoms with E-state index in [-0.39, 0.29) is 18.5 Å². The minimum atomic E-state index is -0.455. The Labute approximate surface area is 71.7 Å². The summed E-state index contributed by atoms with van der Waals surface area (Å²) >= 11 is 0. The average molecular weight is 174 g/mol. The molecule has 12 heavy (non-hydrogen) atoms. The summed E-state index contributed by atoms with van der Waals surface area (Å²) in [4.78, 5) is 12.9. The largest absolute Gasteiger partial charge is 0.341 e. The van der Waals surface area contributed by atoms with Crippen molar-refractivity contribution < 1.29 is 9.18 Å². The van der Waals surface area contributed by atoms with Crippen LogP contribution in [0.15, 0.2) is 0 Å². The van der Waals surface area contributed by atoms with Crippen molar-refractivity contribution in [1.82, 2.24) is 4.90 Å². The summed E-state index contributed by atoms with van der Waals surface area (Å²) in [6.45, 7) is 2.53. The van der Waals surface area contributed by atoms with Crippen molar-refractivity contribution in [2.75, 3.05) is 19.8 Å². The van der Waals surface area contributed by atoms with Gasteiger partial charge in [0.15, 0.2) is 0 Å². The third-order valence-corrected chi connectivity index (χ3v) is 2.21. The number of likely N-dealkylation sites (tertiary alicyclic amines) is 1. The quantitative estimate of drug-likeness (QED) is 0.647. The van der Waals surface area contributed by atoms with Crippen LogP contribution in [0.5, 0.6) is 0 Å². The Hall–Kier alpha value is -0.640. The molecule has 0 aromatic carbocycles. The van der Waals surface area contributed by atoms with Crippen LogP contribution in [-0.4, -0.2) is 36.6 Å². The molecule has 1 saturated heterocycles. The molecule has 1 amide bonds. The molecule has 3 nitrogen and oxygen atoms in total. The van der Waals surface area contributed by atoms with Gasteiger partial charge in [-0.05, 0) is 13.3 Å². The molecule has 1 rings (SSSR count). The van der Waals surface area contributed by atoms with Gasteiger partial charge in [-0.3, -0.25) is 9.18 Å². The van der Waals surface area contributed by atoms with E-state index in [4.69, 9.17) is 5.73 Å². The van der Waals surface area contributed by atoms with E-state index in [0.717, 1.165) is 6.42 Å². The second kappa shape index (κ2) is 3.85. The van der Waals surface area contributed by atoms with Crippen LogP contribution in [0, 0.1) is 5.92 Å². The zero-order valence-electron chi connectivity index (χ0n) is 7.29. The fourth-order valence-electron chi connectivity index (χ4n) is 1.45. The monoisotopic (exact) mass is 174 g/mol. The van der Waals surface area contributed by atoms with Crippen molar-refractivity contribution in [2.45, 2.75) is 19.4 Å². The zero-order chi connectivity index (χ0) is 9.14. The standard InChI is InChI=1S/C8H15FN2O/c1-6(10)8(12)11-3-2-7(4-9)5-11/h6-7H,2-5,10H2,1H3/t6-,7+/m1/s1. The number of carbonyl (C=O) groups is 1. The van der Waals surface area contributed by atoms with Crippen molar-refractivity contribution in [3.05, 3.63) is 0 Å². The molecule has 4 heteroatoms. The molecule has 70 valence electrons. The lowest BCUT2D eigenvalue weighted by molar-refractivity contribution is -0.131. The average Bonchev–Trinajstić information content (AvgIpc) is 2.50. The molecule has 0 aliphatic carbocycles. The van der Waals surface area contributed by atoms with E-state index < -0.39 is 6.04 Å². The maximum absolute atomic E-state index is 12.2. The number of hydrogen-bond acceptors (Lipinski definition) is 2. The Morgan fingerprint density at radius 3 is 2.92 bits per heavy atom. The fraction of sp³-hybridized carbons (Fsp3) is 0.875. The summed E-state index contributed by atoms with van der Waals surface area (Å²) in [5.41, 5.74) is 5.42. The first-order valence-electron chi connectivity index (χ1n) is 4.25. The Morgan fingerprint density at radius 1 is 1.83 bits per heavy atom. The molecule has 1 heterocycles. The Bertz CT molecular complexity index is 172. The van der Waals surface area contributed by atoms with Gasteiger partial charge in [-0.2, -0.15) is 0 Å². The molecule has 0 unspecified atom stereocenters. The molecule has 1 fully saturated rings. The fourth-order valence-corrected chi connectivity index (χ4v) is 1.45. The van der Waals surface area contributed by atoms with Crippen molar-refractivity contribution in [3.8, 4) is 0 Å². The highest BCUT2D eigenvalue weighted by molar-refractivity contribution is 5.81. The summed E-state index contributed by atoms with van der Waals surface area (Å²) in [7, 11) is 0. The number of alkyl halides is 1. The van der Waals surface area contributed by atoms with Gasteiger partial charge in [-0.15, -0.1) is 0 Å². The van der Waals surface area contributed by atoms with E-state index >= 15 is 0 Å². The summed E-state index contributed by atoms with van der Waals surface area (Å²) in [5.74, 6) is -0.0290. The van der Waals surface area contributed by atoms with Gasteiger partial charge in [-0.1, -0.05) is 0 Å². The molecule has 1 aliphatic rings. The van der Waals surface area contributed by atoms with Crippen LogP contribution in [0.3, 0.4) is 0 Å². The molecule has 0 spiro atoms. The van der Waals surface area contributed by atoms with E-state index in [9.17, 15) is 9.18 Å². The summed E-state index contributed by atoms with van der Waals surface area (Å²) in [5, 5.41) is 0. The number of carbonyl (C=O) groups excluding carboxylic acids is 1. The number of amides is 1. The Morgan fingerprint density at radius 2 is 2.50 bits per heavy atom. The van der Waals surface area contributed by atoms with Crippen LogP contribution < -0.4 is 5.73 Å². The van der Waals surface area contributed by atoms with E-state index in [1.54, 1.807) is 11.8 Å². The lowest BCUT2D eigenvalue weighted by Crippen LogP contribution is -2.40. The van der Waals surface area contributed by atoms with Crippen LogP contribution >= 0.6 is 0 Å². The van der Waals surface area contributed by atoms with Gasteiger partial charge in [-0.25, -0.2) is 0 Å². The maximum atomic E-state index is 12.2. The Kier molecular flexibility index (Phi) is 3.03. The van der Waals surface area contributed by atoms with Crippen LogP contribution in [0.25, 0.3) is 0 Å². The zero-order valence-corrected chi connectivity index (χ0v) is 7.29. The van der Waals surface area contributed by atoms with Gasteiger partial charge in [0.05, 0.1) is 12.7 Å². The Balaban J connectivity index is 2.41. The predicted molar refractivity (Wildman–Crippen MR) is 44.3 cm³/mol. The predicted octanol–water partition coefficient (Wildman–Crippen LogP) is 0.152. The van der Waals surface area contributed by atoms with Crippen LogP contribution in [0.1, 0.15) is 13.3 Å². The lowest BCUT2D eigenvalue weighted by atomic mass is 10.1. The molecule has 0 aromatic rings. The molecule has 0 radical (unpaired) electrons. The van der Waals surface area contributed by atoms with Gasteiger partial charge < -0.3 is 10.6 Å². The smallest absolute Gasteiger partial charge is 0.239 e. The third kappa shape index (κ3) is 1.94. The topological polar surface area (TPSA) is 46.3 Å². The number of hydrogen-bond donors (Lipinski definition) is 1. The highest BCUT2D eigenvalue weighted by Gasteiger charge is 2.27. The molecule has 1 aliphatic heterocycles. The number of rotatable bonds is 2. The minimum absolute atomic E-state index is 0.0349. The van der Waals surface area contributed by atoms with Crippen LogP contribution in [0.2, 0.25) is 0 Å². The third-order valence-electron chi connectivity index (χ3n) is 2.21. The van der Waals surface area contributed by atoms with Crippen molar-refractivity contribution in [2.24, 2.45) is 11.7 Å². The molecule has 2 atom stereocenters. The first-order chi connectivity index (χ1) is 5.65. The van der Waals surface area contributed by atoms with Gasteiger partial charge in [0.25, 0.3) is 0 Å². The van der Waals surface area contributed by atoms with Gasteiger partial charge in [0.2, 0.25) is 5.91 Å². The van der Waals surface area contributed by atoms with Crippen LogP contribution in [-0.2, 0) is 4.79 Å². The molecule has 0 bridgehead atoms. The molecular weight excluding hydrogens is 159 g/mol. The molecule has 0 saturated carbocycles. The molecule has 0 aromatic heterocycles. The normalized spacial score (nSPS) is 25.9. The summed E-state index contributed by atoms with van der Waals surface area (Å²) in [6, 6.07) is -0.455. The molecule has 2 N–H and O–H groups in total. The first kappa shape index (κ1) is 9.45. The van der Waals surface area contributed by atoms with Gasteiger partial charge in [0.1, 0.15) is 0 Å². The summed E-state index contributed by atoms with van der Waals surface area (Å²) in [6.07, 6.45) is 0.773. The van der Waals surface area contributed by atoms with Crippen LogP contribution in [0.4, 0.5) is 4.39 Å². The van der Waals surface area contributed by atoms with E-state index in [1.165, 1.54) is 0 Å². The number of nitrogens with two attached hydrogens (primary N) is 1. The maximum Gasteiger partial charge on any atom is 0.239 e. The highest BCUT2D eigenvalue weighted by atomic mass is 19.1. The highest BCUT2D eigenvalue weighted by Crippen LogP contribution is 2.16. The SMILES string of the molecule is C[C@@H](N)C(=O)N1CC[C@@H](CF)C1. The van der Waals surface area contributed by atoms with E-state index in [1.807, 2.05) is 0 Å². The second-order valence-electron chi connectivity index (χ2n) is 3.38. The van der Waals surface area contributed by atoms with Crippen molar-refractivity contribution in [1.29, 1.82) is 0 Å². The summed E-state index contributed by atoms with van der Waals surface area (Å²) < 4.78 is 12.2. The van der Waals surface area contributed by atoms with Crippen molar-refractivity contribution >= 4 is 5.91 Å². The minimum Gasteiger partial charge on any atom is -0.341 e. The lowest BCUT2D eigenvalue weighted by Gasteiger charge is -2.17. The first-order valence-corrected chi connectivity index (χ1v) is 4.25.